The van der Waals surface area contributed by atoms with Crippen LogP contribution >= 0.6 is 15.6 Å². The zero-order valence-electron chi connectivity index (χ0n) is 64.8. The molecule has 17 nitrogen and oxygen atoms in total. The normalized spacial score (nSPS) is 15.0. The van der Waals surface area contributed by atoms with Gasteiger partial charge in [-0.1, -0.05) is 272 Å². The summed E-state index contributed by atoms with van der Waals surface area (Å²) >= 11 is 0. The van der Waals surface area contributed by atoms with Gasteiger partial charge in [0.05, 0.1) is 32.8 Å². The van der Waals surface area contributed by atoms with Gasteiger partial charge in [0.25, 0.3) is 0 Å². The summed E-state index contributed by atoms with van der Waals surface area (Å²) in [5.41, 5.74) is 0. The molecular weight excluding hydrogens is 1380 g/mol. The van der Waals surface area contributed by atoms with Crippen LogP contribution in [0.15, 0.2) is 219 Å². The third kappa shape index (κ3) is 75.6. The molecule has 0 fully saturated rings. The number of hydrogen-bond donors (Lipinski definition) is 3. The molecule has 0 aromatic rings. The Morgan fingerprint density at radius 1 is 0.274 bits per heavy atom. The fourth-order valence-corrected chi connectivity index (χ4v) is 10.8. The van der Waals surface area contributed by atoms with Crippen molar-refractivity contribution in [1.29, 1.82) is 0 Å². The van der Waals surface area contributed by atoms with E-state index in [1.165, 1.54) is 0 Å². The van der Waals surface area contributed by atoms with Gasteiger partial charge in [-0.3, -0.25) is 37.3 Å². The van der Waals surface area contributed by atoms with Crippen LogP contribution in [0.1, 0.15) is 246 Å². The Labute approximate surface area is 639 Å². The van der Waals surface area contributed by atoms with Crippen molar-refractivity contribution in [3.63, 3.8) is 0 Å². The molecule has 0 bridgehead atoms. The predicted molar refractivity (Wildman–Crippen MR) is 435 cm³/mol. The van der Waals surface area contributed by atoms with Crippen LogP contribution in [0.25, 0.3) is 0 Å². The Balaban J connectivity index is 5.55. The van der Waals surface area contributed by atoms with Gasteiger partial charge in [0.1, 0.15) is 19.3 Å². The van der Waals surface area contributed by atoms with Crippen molar-refractivity contribution in [3.05, 3.63) is 219 Å². The number of unbranched alkanes of at least 4 members (excludes halogenated alkanes) is 9. The molecule has 0 aliphatic heterocycles. The van der Waals surface area contributed by atoms with Gasteiger partial charge in [-0.15, -0.1) is 0 Å². The van der Waals surface area contributed by atoms with Crippen LogP contribution < -0.4 is 0 Å². The first-order valence-electron chi connectivity index (χ1n) is 39.0. The number of esters is 4. The number of ether oxygens (including phenoxy) is 4. The van der Waals surface area contributed by atoms with E-state index in [0.717, 1.165) is 154 Å². The van der Waals surface area contributed by atoms with E-state index in [4.69, 9.17) is 37.0 Å². The minimum atomic E-state index is -5.03. The lowest BCUT2D eigenvalue weighted by molar-refractivity contribution is -0.161. The number of allylic oxidation sites excluding steroid dienone is 35. The topological polar surface area (TPSA) is 237 Å². The van der Waals surface area contributed by atoms with Crippen molar-refractivity contribution < 1.29 is 80.2 Å². The van der Waals surface area contributed by atoms with E-state index in [2.05, 4.69) is 204 Å². The lowest BCUT2D eigenvalue weighted by atomic mass is 10.1. The van der Waals surface area contributed by atoms with E-state index < -0.39 is 97.5 Å². The second-order valence-corrected chi connectivity index (χ2v) is 27.7. The number of aliphatic hydroxyl groups excluding tert-OH is 1. The summed E-state index contributed by atoms with van der Waals surface area (Å²) in [5.74, 6) is -2.49. The summed E-state index contributed by atoms with van der Waals surface area (Å²) in [6, 6.07) is 0. The molecule has 0 aliphatic rings. The molecule has 19 heteroatoms. The third-order valence-corrected chi connectivity index (χ3v) is 16.9. The maximum atomic E-state index is 13.1. The number of aliphatic hydroxyl groups is 1. The minimum Gasteiger partial charge on any atom is -0.462 e. The number of phosphoric acid groups is 2. The fraction of sp³-hybridized carbons (Fsp3) is 0.540. The van der Waals surface area contributed by atoms with Crippen LogP contribution in [0, 0.1) is 0 Å². The summed E-state index contributed by atoms with van der Waals surface area (Å²) in [6.07, 6.45) is 96.8. The van der Waals surface area contributed by atoms with Crippen LogP contribution in [0.3, 0.4) is 0 Å². The number of rotatable bonds is 70. The monoisotopic (exact) mass is 1510 g/mol. The molecule has 0 amide bonds. The first kappa shape index (κ1) is 99.4. The Morgan fingerprint density at radius 3 is 0.849 bits per heavy atom. The molecule has 0 saturated heterocycles. The molecule has 0 aromatic carbocycles. The summed E-state index contributed by atoms with van der Waals surface area (Å²) in [4.78, 5) is 72.9. The molecule has 0 saturated carbocycles. The average Bonchev–Trinajstić information content (AvgIpc) is 0.928. The third-order valence-electron chi connectivity index (χ3n) is 15.0. The van der Waals surface area contributed by atoms with Crippen molar-refractivity contribution in [2.75, 3.05) is 39.6 Å². The van der Waals surface area contributed by atoms with Crippen LogP contribution in [-0.2, 0) is 65.4 Å². The molecule has 0 aliphatic carbocycles. The SMILES string of the molecule is CC/C=C\C/C=C\C/C=C\C/C=C\C/C=C\CCCC(=O)OCC(COP(=O)(O)OCC(O)COP(=O)(O)OCC(COC(=O)CCCCCCCC/C=C\C/C=C\C/C=C\C/C=C\CC)OC(=O)C/C=C\C/C=C\C/C=C\C/C=C\C/C=C\CC)OC(=O)CCCC/C=C\C/C=C\C/C=C\C/C=C\CC. The highest BCUT2D eigenvalue weighted by atomic mass is 31.2. The standard InChI is InChI=1S/C87H134O17P2/c1-5-9-13-17-21-25-29-33-37-39-40-42-46-48-52-56-60-64-68-72-85(90)98-78-83(104-87(92)74-70-66-62-58-54-50-44-36-32-28-24-20-16-12-8-4)80-102-106(95,96)100-76-81(88)75-99-105(93,94)101-79-82(103-86(91)73-69-65-61-57-53-49-43-35-31-27-23-19-15-11-7-3)77-97-84(89)71-67-63-59-55-51-47-45-41-38-34-30-26-22-18-14-10-6-2/h9-16,21-28,33-38,40,42-45,47,53-55,57-59,66,70,81-83,88H,5-8,17-20,29-32,39,41,46,48-52,56,60-65,67-69,71-80H2,1-4H3,(H,93,94)(H,95,96)/b13-9-,14-10-,15-11-,16-12-,25-21-,26-22-,27-23-,28-24-,37-33-,38-34-,42-40-,43-35-,44-36-,47-45-,57-53-,58-54-,59-55-,70-66-. The first-order chi connectivity index (χ1) is 51.7. The number of phosphoric ester groups is 2. The molecule has 5 unspecified atom stereocenters. The second-order valence-electron chi connectivity index (χ2n) is 24.8. The number of carbonyl (C=O) groups excluding carboxylic acids is 4. The lowest BCUT2D eigenvalue weighted by Gasteiger charge is -2.21. The van der Waals surface area contributed by atoms with Gasteiger partial charge in [0, 0.05) is 19.3 Å². The minimum absolute atomic E-state index is 0.0179. The molecule has 0 heterocycles. The van der Waals surface area contributed by atoms with E-state index in [-0.39, 0.29) is 25.7 Å². The molecule has 594 valence electrons. The molecule has 0 aromatic heterocycles. The summed E-state index contributed by atoms with van der Waals surface area (Å²) in [6.45, 7) is 4.12. The highest BCUT2D eigenvalue weighted by Gasteiger charge is 2.30. The molecule has 3 N–H and O–H groups in total. The largest absolute Gasteiger partial charge is 0.472 e. The molecule has 106 heavy (non-hydrogen) atoms. The molecule has 0 radical (unpaired) electrons. The lowest BCUT2D eigenvalue weighted by Crippen LogP contribution is -2.30. The fourth-order valence-electron chi connectivity index (χ4n) is 9.19. The van der Waals surface area contributed by atoms with Crippen LogP contribution in [0.4, 0.5) is 0 Å². The van der Waals surface area contributed by atoms with Crippen LogP contribution in [0.2, 0.25) is 0 Å². The van der Waals surface area contributed by atoms with Gasteiger partial charge in [-0.2, -0.15) is 0 Å². The van der Waals surface area contributed by atoms with Crippen LogP contribution in [0.5, 0.6) is 0 Å². The van der Waals surface area contributed by atoms with Crippen molar-refractivity contribution >= 4 is 39.5 Å². The van der Waals surface area contributed by atoms with Crippen LogP contribution in [-0.4, -0.2) is 96.7 Å². The zero-order chi connectivity index (χ0) is 77.4. The Kier molecular flexibility index (Phi) is 71.8. The summed E-state index contributed by atoms with van der Waals surface area (Å²) < 4.78 is 68.3. The summed E-state index contributed by atoms with van der Waals surface area (Å²) in [5, 5.41) is 10.6. The smallest absolute Gasteiger partial charge is 0.462 e. The van der Waals surface area contributed by atoms with E-state index in [1.54, 1.807) is 12.2 Å². The average molecular weight is 1510 g/mol. The van der Waals surface area contributed by atoms with Gasteiger partial charge in [0.2, 0.25) is 0 Å². The van der Waals surface area contributed by atoms with Crippen molar-refractivity contribution in [2.24, 2.45) is 0 Å². The van der Waals surface area contributed by atoms with Crippen molar-refractivity contribution in [2.45, 2.75) is 264 Å². The van der Waals surface area contributed by atoms with Crippen molar-refractivity contribution in [1.82, 2.24) is 0 Å². The molecular formula is C87H134O17P2. The summed E-state index contributed by atoms with van der Waals surface area (Å²) in [7, 11) is -10.0. The number of carbonyl (C=O) groups is 4. The van der Waals surface area contributed by atoms with Gasteiger partial charge in [-0.25, -0.2) is 9.13 Å². The van der Waals surface area contributed by atoms with Gasteiger partial charge in [-0.05, 0) is 167 Å². The Bertz CT molecular complexity index is 2880. The number of hydrogen-bond acceptors (Lipinski definition) is 15. The van der Waals surface area contributed by atoms with Gasteiger partial charge < -0.3 is 33.8 Å². The molecule has 0 rings (SSSR count). The van der Waals surface area contributed by atoms with Crippen molar-refractivity contribution in [3.8, 4) is 0 Å². The van der Waals surface area contributed by atoms with E-state index >= 15 is 0 Å². The van der Waals surface area contributed by atoms with Gasteiger partial charge in [0.15, 0.2) is 12.2 Å². The molecule has 5 atom stereocenters. The van der Waals surface area contributed by atoms with Gasteiger partial charge >= 0.3 is 39.5 Å². The molecule has 0 spiro atoms. The van der Waals surface area contributed by atoms with E-state index in [9.17, 15) is 43.2 Å². The first-order valence-corrected chi connectivity index (χ1v) is 42.0. The maximum Gasteiger partial charge on any atom is 0.472 e. The highest BCUT2D eigenvalue weighted by Crippen LogP contribution is 2.45. The predicted octanol–water partition coefficient (Wildman–Crippen LogP) is 22.9. The Morgan fingerprint density at radius 2 is 0.509 bits per heavy atom. The zero-order valence-corrected chi connectivity index (χ0v) is 66.5. The quantitative estimate of drug-likeness (QED) is 0.0169. The highest BCUT2D eigenvalue weighted by molar-refractivity contribution is 7.47. The second kappa shape index (κ2) is 76.6. The van der Waals surface area contributed by atoms with E-state index in [0.29, 0.717) is 38.5 Å². The van der Waals surface area contributed by atoms with E-state index in [1.807, 2.05) is 30.4 Å². The Hall–Kier alpha value is -6.62. The maximum absolute atomic E-state index is 13.1.